The number of aromatic nitrogens is 2. The summed E-state index contributed by atoms with van der Waals surface area (Å²) in [6.45, 7) is 0.969. The van der Waals surface area contributed by atoms with Gasteiger partial charge in [-0.3, -0.25) is 4.79 Å². The lowest BCUT2D eigenvalue weighted by Crippen LogP contribution is -2.30. The van der Waals surface area contributed by atoms with Crippen LogP contribution in [0.3, 0.4) is 0 Å². The molecule has 1 aromatic rings. The Morgan fingerprint density at radius 2 is 1.89 bits per heavy atom. The molecule has 0 spiro atoms. The molecule has 0 bridgehead atoms. The molecule has 0 radical (unpaired) electrons. The van der Waals surface area contributed by atoms with E-state index in [1.54, 1.807) is 31.3 Å². The van der Waals surface area contributed by atoms with E-state index in [4.69, 9.17) is 21.1 Å². The molecule has 2 atom stereocenters. The van der Waals surface area contributed by atoms with Crippen molar-refractivity contribution in [3.63, 3.8) is 0 Å². The van der Waals surface area contributed by atoms with Crippen molar-refractivity contribution in [3.8, 4) is 0 Å². The highest BCUT2D eigenvalue weighted by Crippen LogP contribution is 2.17. The predicted octanol–water partition coefficient (Wildman–Crippen LogP) is 0.616. The van der Waals surface area contributed by atoms with Crippen LogP contribution in [-0.2, 0) is 9.47 Å². The molecule has 2 rings (SSSR count). The molecular formula is C11H14ClN3O3. The Balaban J connectivity index is 2.09. The van der Waals surface area contributed by atoms with Gasteiger partial charge in [-0.2, -0.15) is 0 Å². The van der Waals surface area contributed by atoms with Crippen LogP contribution < -0.4 is 0 Å². The Kier molecular flexibility index (Phi) is 4.11. The van der Waals surface area contributed by atoms with E-state index in [1.807, 2.05) is 0 Å². The average molecular weight is 272 g/mol. The van der Waals surface area contributed by atoms with Crippen LogP contribution in [0.15, 0.2) is 12.1 Å². The Labute approximate surface area is 110 Å². The first-order valence-corrected chi connectivity index (χ1v) is 5.87. The second-order valence-corrected chi connectivity index (χ2v) is 4.39. The van der Waals surface area contributed by atoms with Crippen molar-refractivity contribution in [2.24, 2.45) is 0 Å². The summed E-state index contributed by atoms with van der Waals surface area (Å²) < 4.78 is 10.5. The van der Waals surface area contributed by atoms with Crippen LogP contribution in [0, 0.1) is 0 Å². The van der Waals surface area contributed by atoms with E-state index >= 15 is 0 Å². The highest BCUT2D eigenvalue weighted by Gasteiger charge is 2.36. The monoisotopic (exact) mass is 271 g/mol. The van der Waals surface area contributed by atoms with Crippen LogP contribution in [0.5, 0.6) is 0 Å². The second-order valence-electron chi connectivity index (χ2n) is 4.00. The molecule has 7 heteroatoms. The number of likely N-dealkylation sites (tertiary alicyclic amines) is 1. The van der Waals surface area contributed by atoms with Crippen molar-refractivity contribution in [2.45, 2.75) is 12.2 Å². The number of amides is 1. The Hall–Kier alpha value is -1.24. The number of carbonyl (C=O) groups excluding carboxylic acids is 1. The maximum atomic E-state index is 12.2. The lowest BCUT2D eigenvalue weighted by molar-refractivity contribution is -0.00461. The summed E-state index contributed by atoms with van der Waals surface area (Å²) >= 11 is 5.63. The molecule has 2 unspecified atom stereocenters. The molecule has 0 N–H and O–H groups in total. The van der Waals surface area contributed by atoms with E-state index < -0.39 is 0 Å². The van der Waals surface area contributed by atoms with E-state index in [0.29, 0.717) is 13.1 Å². The molecule has 98 valence electrons. The number of methoxy groups -OCH3 is 2. The fourth-order valence-corrected chi connectivity index (χ4v) is 2.06. The van der Waals surface area contributed by atoms with Gasteiger partial charge in [-0.05, 0) is 12.1 Å². The second kappa shape index (κ2) is 5.60. The lowest BCUT2D eigenvalue weighted by Gasteiger charge is -2.14. The van der Waals surface area contributed by atoms with E-state index in [0.717, 1.165) is 0 Å². The van der Waals surface area contributed by atoms with Gasteiger partial charge in [-0.1, -0.05) is 11.6 Å². The molecule has 1 aliphatic heterocycles. The van der Waals surface area contributed by atoms with Crippen molar-refractivity contribution < 1.29 is 14.3 Å². The number of hydrogen-bond donors (Lipinski definition) is 0. The zero-order chi connectivity index (χ0) is 13.1. The third-order valence-corrected chi connectivity index (χ3v) is 3.16. The summed E-state index contributed by atoms with van der Waals surface area (Å²) in [5.41, 5.74) is 0.269. The largest absolute Gasteiger partial charge is 0.377 e. The van der Waals surface area contributed by atoms with Crippen LogP contribution >= 0.6 is 11.6 Å². The van der Waals surface area contributed by atoms with Crippen LogP contribution in [0.1, 0.15) is 10.5 Å². The number of ether oxygens (including phenoxy) is 2. The van der Waals surface area contributed by atoms with E-state index in [-0.39, 0.29) is 29.0 Å². The topological polar surface area (TPSA) is 64.5 Å². The van der Waals surface area contributed by atoms with Gasteiger partial charge in [0.2, 0.25) is 0 Å². The third-order valence-electron chi connectivity index (χ3n) is 2.96. The molecule has 0 aromatic carbocycles. The van der Waals surface area contributed by atoms with Crippen molar-refractivity contribution in [2.75, 3.05) is 27.3 Å². The first-order valence-electron chi connectivity index (χ1n) is 5.49. The van der Waals surface area contributed by atoms with Gasteiger partial charge in [-0.25, -0.2) is 0 Å². The van der Waals surface area contributed by atoms with Crippen LogP contribution in [0.25, 0.3) is 0 Å². The number of nitrogens with zero attached hydrogens (tertiary/aromatic N) is 3. The Morgan fingerprint density at radius 1 is 1.28 bits per heavy atom. The Morgan fingerprint density at radius 3 is 2.33 bits per heavy atom. The van der Waals surface area contributed by atoms with Gasteiger partial charge in [0.1, 0.15) is 12.2 Å². The average Bonchev–Trinajstić information content (AvgIpc) is 2.82. The maximum absolute atomic E-state index is 12.2. The molecule has 6 nitrogen and oxygen atoms in total. The van der Waals surface area contributed by atoms with Crippen molar-refractivity contribution in [3.05, 3.63) is 23.0 Å². The lowest BCUT2D eigenvalue weighted by atomic mass is 10.3. The minimum atomic E-state index is -0.194. The van der Waals surface area contributed by atoms with E-state index in [1.165, 1.54) is 0 Å². The summed E-state index contributed by atoms with van der Waals surface area (Å²) in [4.78, 5) is 13.8. The number of halogens is 1. The normalized spacial score (nSPS) is 23.4. The van der Waals surface area contributed by atoms with Gasteiger partial charge in [0.05, 0.1) is 0 Å². The summed E-state index contributed by atoms with van der Waals surface area (Å²) in [5.74, 6) is -0.194. The first-order chi connectivity index (χ1) is 8.65. The molecule has 0 saturated carbocycles. The molecule has 1 fully saturated rings. The SMILES string of the molecule is COC1CN(C(=O)c2ccc(Cl)nn2)CC1OC. The summed E-state index contributed by atoms with van der Waals surface area (Å²) in [5, 5.41) is 7.69. The molecule has 1 saturated heterocycles. The molecule has 0 aliphatic carbocycles. The number of carbonyl (C=O) groups is 1. The zero-order valence-corrected chi connectivity index (χ0v) is 10.9. The molecule has 1 amide bonds. The van der Waals surface area contributed by atoms with E-state index in [9.17, 15) is 4.79 Å². The van der Waals surface area contributed by atoms with Gasteiger partial charge >= 0.3 is 0 Å². The van der Waals surface area contributed by atoms with Crippen molar-refractivity contribution in [1.29, 1.82) is 0 Å². The summed E-state index contributed by atoms with van der Waals surface area (Å²) in [6.07, 6.45) is -0.224. The quantitative estimate of drug-likeness (QED) is 0.806. The Bertz CT molecular complexity index is 414. The molecule has 1 aromatic heterocycles. The molecule has 1 aliphatic rings. The van der Waals surface area contributed by atoms with Gasteiger partial charge in [0, 0.05) is 27.3 Å². The molecule has 18 heavy (non-hydrogen) atoms. The maximum Gasteiger partial charge on any atom is 0.274 e. The molecular weight excluding hydrogens is 258 g/mol. The predicted molar refractivity (Wildman–Crippen MR) is 64.5 cm³/mol. The van der Waals surface area contributed by atoms with Gasteiger partial charge in [-0.15, -0.1) is 10.2 Å². The summed E-state index contributed by atoms with van der Waals surface area (Å²) in [7, 11) is 3.21. The highest BCUT2D eigenvalue weighted by molar-refractivity contribution is 6.29. The third kappa shape index (κ3) is 2.60. The van der Waals surface area contributed by atoms with Crippen molar-refractivity contribution in [1.82, 2.24) is 15.1 Å². The van der Waals surface area contributed by atoms with Crippen LogP contribution in [0.2, 0.25) is 5.15 Å². The van der Waals surface area contributed by atoms with Crippen LogP contribution in [0.4, 0.5) is 0 Å². The van der Waals surface area contributed by atoms with Gasteiger partial charge in [0.25, 0.3) is 5.91 Å². The van der Waals surface area contributed by atoms with Gasteiger partial charge < -0.3 is 14.4 Å². The number of rotatable bonds is 3. The minimum absolute atomic E-state index is 0.112. The fourth-order valence-electron chi connectivity index (χ4n) is 1.95. The standard InChI is InChI=1S/C11H14ClN3O3/c1-17-8-5-15(6-9(8)18-2)11(16)7-3-4-10(12)14-13-7/h3-4,8-9H,5-6H2,1-2H3. The summed E-state index contributed by atoms with van der Waals surface area (Å²) in [6, 6.07) is 3.10. The zero-order valence-electron chi connectivity index (χ0n) is 10.2. The first kappa shape index (κ1) is 13.2. The molecule has 2 heterocycles. The minimum Gasteiger partial charge on any atom is -0.377 e. The van der Waals surface area contributed by atoms with Crippen molar-refractivity contribution >= 4 is 17.5 Å². The van der Waals surface area contributed by atoms with Gasteiger partial charge in [0.15, 0.2) is 10.8 Å². The highest BCUT2D eigenvalue weighted by atomic mass is 35.5. The smallest absolute Gasteiger partial charge is 0.274 e. The number of hydrogen-bond acceptors (Lipinski definition) is 5. The van der Waals surface area contributed by atoms with E-state index in [2.05, 4.69) is 10.2 Å². The van der Waals surface area contributed by atoms with Crippen LogP contribution in [-0.4, -0.2) is 60.5 Å². The fraction of sp³-hybridized carbons (Fsp3) is 0.545.